The molecule has 0 fully saturated rings. The summed E-state index contributed by atoms with van der Waals surface area (Å²) in [4.78, 5) is 9.50. The predicted octanol–water partition coefficient (Wildman–Crippen LogP) is 15.6. The van der Waals surface area contributed by atoms with E-state index in [0.717, 1.165) is 77.9 Å². The third-order valence-electron chi connectivity index (χ3n) is 11.4. The molecule has 7 aromatic carbocycles. The molecular weight excluding hydrogens is 951 g/mol. The molecule has 6 heteroatoms. The first-order chi connectivity index (χ1) is 31.5. The Morgan fingerprint density at radius 3 is 2.02 bits per heavy atom. The first-order valence-electron chi connectivity index (χ1n) is 22.5. The SMILES string of the molecule is CC(C)c1cc(-c2ccccc2)cc(C(C)C)c1-n1c(-c2[c-]c3cc(-c4ccccc4)oc3c3c2oc2ccccc23)nc2ccccc21.[2H]C([2H])([2H])c1ccc(-c2[c-]cccc2)nc1.[Ir]. The van der Waals surface area contributed by atoms with E-state index in [4.69, 9.17) is 17.9 Å². The van der Waals surface area contributed by atoms with E-state index in [0.29, 0.717) is 0 Å². The molecule has 0 saturated carbocycles. The van der Waals surface area contributed by atoms with Gasteiger partial charge in [0.1, 0.15) is 5.58 Å². The summed E-state index contributed by atoms with van der Waals surface area (Å²) in [5.74, 6) is 2.10. The maximum Gasteiger partial charge on any atom is 0.123 e. The van der Waals surface area contributed by atoms with Gasteiger partial charge < -0.3 is 18.4 Å². The minimum absolute atomic E-state index is 0. The van der Waals surface area contributed by atoms with Gasteiger partial charge in [-0.3, -0.25) is 4.98 Å². The molecule has 0 N–H and O–H groups in total. The van der Waals surface area contributed by atoms with Gasteiger partial charge in [0.05, 0.1) is 33.8 Å². The smallest absolute Gasteiger partial charge is 0.123 e. The molecule has 0 aliphatic carbocycles. The van der Waals surface area contributed by atoms with E-state index in [1.165, 1.54) is 34.1 Å². The van der Waals surface area contributed by atoms with Crippen LogP contribution in [0.25, 0.3) is 94.7 Å². The Morgan fingerprint density at radius 1 is 0.651 bits per heavy atom. The summed E-state index contributed by atoms with van der Waals surface area (Å²) in [5.41, 5.74) is 14.1. The number of benzene rings is 7. The fraction of sp³-hybridized carbons (Fsp3) is 0.123. The predicted molar refractivity (Wildman–Crippen MR) is 255 cm³/mol. The quantitative estimate of drug-likeness (QED) is 0.149. The van der Waals surface area contributed by atoms with Crippen LogP contribution in [0, 0.1) is 19.0 Å². The van der Waals surface area contributed by atoms with E-state index in [2.05, 4.69) is 140 Å². The molecule has 0 saturated heterocycles. The van der Waals surface area contributed by atoms with Crippen LogP contribution in [0.15, 0.2) is 179 Å². The molecular formula is C57H45IrN3O2-2. The van der Waals surface area contributed by atoms with Gasteiger partial charge in [0.25, 0.3) is 0 Å². The minimum atomic E-state index is -2.09. The van der Waals surface area contributed by atoms with Gasteiger partial charge in [0, 0.05) is 52.4 Å². The molecule has 0 spiro atoms. The van der Waals surface area contributed by atoms with Crippen molar-refractivity contribution >= 4 is 43.9 Å². The number of hydrogen-bond donors (Lipinski definition) is 0. The molecule has 5 nitrogen and oxygen atoms in total. The van der Waals surface area contributed by atoms with E-state index in [9.17, 15) is 0 Å². The van der Waals surface area contributed by atoms with Crippen LogP contribution in [0.2, 0.25) is 0 Å². The van der Waals surface area contributed by atoms with Crippen LogP contribution in [0.3, 0.4) is 0 Å². The summed E-state index contributed by atoms with van der Waals surface area (Å²) in [5, 5.41) is 2.83. The van der Waals surface area contributed by atoms with Crippen molar-refractivity contribution in [3.63, 3.8) is 0 Å². The Kier molecular flexibility index (Phi) is 10.5. The number of pyridine rings is 1. The summed E-state index contributed by atoms with van der Waals surface area (Å²) < 4.78 is 37.4. The summed E-state index contributed by atoms with van der Waals surface area (Å²) in [6, 6.07) is 61.9. The largest absolute Gasteiger partial charge is 0.499 e. The average molecular weight is 999 g/mol. The second kappa shape index (κ2) is 17.5. The summed E-state index contributed by atoms with van der Waals surface area (Å²) >= 11 is 0. The zero-order valence-corrected chi connectivity index (χ0v) is 37.7. The fourth-order valence-corrected chi connectivity index (χ4v) is 8.35. The summed E-state index contributed by atoms with van der Waals surface area (Å²) in [6.45, 7) is 7.03. The maximum atomic E-state index is 7.23. The third-order valence-corrected chi connectivity index (χ3v) is 11.4. The molecule has 4 aromatic heterocycles. The number of nitrogens with zero attached hydrogens (tertiary/aromatic N) is 3. The Morgan fingerprint density at radius 2 is 1.33 bits per heavy atom. The van der Waals surface area contributed by atoms with E-state index >= 15 is 0 Å². The first-order valence-corrected chi connectivity index (χ1v) is 21.0. The van der Waals surface area contributed by atoms with Crippen LogP contribution >= 0.6 is 0 Å². The summed E-state index contributed by atoms with van der Waals surface area (Å²) in [6.07, 6.45) is 1.39. The van der Waals surface area contributed by atoms with Crippen molar-refractivity contribution in [3.8, 4) is 50.8 Å². The number of rotatable bonds is 7. The molecule has 1 radical (unpaired) electrons. The Hall–Kier alpha value is -6.85. The second-order valence-electron chi connectivity index (χ2n) is 16.2. The zero-order valence-electron chi connectivity index (χ0n) is 38.3. The third kappa shape index (κ3) is 7.82. The zero-order chi connectivity index (χ0) is 44.8. The van der Waals surface area contributed by atoms with Crippen LogP contribution in [-0.4, -0.2) is 14.5 Å². The number of furan rings is 2. The van der Waals surface area contributed by atoms with Gasteiger partial charge in [-0.2, -0.15) is 0 Å². The Labute approximate surface area is 385 Å². The van der Waals surface area contributed by atoms with E-state index in [-0.39, 0.29) is 37.5 Å². The van der Waals surface area contributed by atoms with Crippen molar-refractivity contribution in [3.05, 3.63) is 199 Å². The molecule has 4 heterocycles. The molecule has 0 atom stereocenters. The van der Waals surface area contributed by atoms with Crippen LogP contribution in [-0.2, 0) is 20.1 Å². The second-order valence-corrected chi connectivity index (χ2v) is 16.2. The van der Waals surface area contributed by atoms with Crippen molar-refractivity contribution in [1.82, 2.24) is 14.5 Å². The number of aryl methyl sites for hydroxylation is 1. The van der Waals surface area contributed by atoms with Gasteiger partial charge in [-0.05, 0) is 88.1 Å². The maximum absolute atomic E-state index is 7.23. The molecule has 0 unspecified atom stereocenters. The molecule has 11 aromatic rings. The molecule has 311 valence electrons. The van der Waals surface area contributed by atoms with Crippen LogP contribution in [0.1, 0.15) is 60.3 Å². The standard InChI is InChI=1S/C45H35N2O2.C12H10N.Ir/c1-27(2)34-23-31(29-15-7-5-8-16-29)24-35(28(3)4)42(34)47-38-21-13-12-20-37(38)46-45(47)36-25-32-26-40(30-17-9-6-10-18-30)49-43(32)41-33-19-11-14-22-39(33)48-44(36)41;1-10-7-8-12(13-9-10)11-5-3-2-4-6-11;/h5-24,26-28H,1-4H3;2-5,7-9H,1H3;/q2*-1;/i;1D3;. The average Bonchev–Trinajstić information content (AvgIpc) is 4.05. The molecule has 0 aliphatic rings. The number of para-hydroxylation sites is 3. The van der Waals surface area contributed by atoms with Gasteiger partial charge in [-0.25, -0.2) is 0 Å². The summed E-state index contributed by atoms with van der Waals surface area (Å²) in [7, 11) is 0. The number of fused-ring (bicyclic) bond motifs is 6. The van der Waals surface area contributed by atoms with Crippen molar-refractivity contribution in [2.45, 2.75) is 46.4 Å². The Bertz CT molecular complexity index is 3440. The number of hydrogen-bond acceptors (Lipinski definition) is 4. The van der Waals surface area contributed by atoms with Crippen molar-refractivity contribution < 1.29 is 33.1 Å². The van der Waals surface area contributed by atoms with Crippen LogP contribution in [0.4, 0.5) is 0 Å². The molecule has 0 amide bonds. The van der Waals surface area contributed by atoms with Gasteiger partial charge in [-0.1, -0.05) is 142 Å². The Balaban J connectivity index is 0.000000273. The normalized spacial score (nSPS) is 12.3. The monoisotopic (exact) mass is 999 g/mol. The minimum Gasteiger partial charge on any atom is -0.499 e. The van der Waals surface area contributed by atoms with Crippen molar-refractivity contribution in [1.29, 1.82) is 0 Å². The van der Waals surface area contributed by atoms with Crippen molar-refractivity contribution in [2.24, 2.45) is 0 Å². The van der Waals surface area contributed by atoms with Crippen LogP contribution < -0.4 is 0 Å². The van der Waals surface area contributed by atoms with E-state index in [1.54, 1.807) is 18.2 Å². The number of imidazole rings is 1. The van der Waals surface area contributed by atoms with Gasteiger partial charge in [-0.15, -0.1) is 42.0 Å². The molecule has 63 heavy (non-hydrogen) atoms. The van der Waals surface area contributed by atoms with E-state index < -0.39 is 6.85 Å². The molecule has 0 aliphatic heterocycles. The first kappa shape index (κ1) is 37.9. The fourth-order valence-electron chi connectivity index (χ4n) is 8.35. The van der Waals surface area contributed by atoms with Gasteiger partial charge in [0.15, 0.2) is 0 Å². The van der Waals surface area contributed by atoms with E-state index in [1.807, 2.05) is 54.6 Å². The van der Waals surface area contributed by atoms with Gasteiger partial charge >= 0.3 is 0 Å². The topological polar surface area (TPSA) is 57.0 Å². The molecule has 0 bridgehead atoms. The van der Waals surface area contributed by atoms with Crippen molar-refractivity contribution in [2.75, 3.05) is 0 Å². The number of aromatic nitrogens is 3. The molecule has 11 rings (SSSR count). The van der Waals surface area contributed by atoms with Gasteiger partial charge in [0.2, 0.25) is 0 Å². The van der Waals surface area contributed by atoms with Crippen LogP contribution in [0.5, 0.6) is 0 Å².